The van der Waals surface area contributed by atoms with Gasteiger partial charge in [0.25, 0.3) is 5.91 Å². The molecule has 1 fully saturated rings. The minimum atomic E-state index is -0.130. The van der Waals surface area contributed by atoms with Crippen LogP contribution in [0.15, 0.2) is 45.9 Å². The number of thiophene rings is 1. The third-order valence-electron chi connectivity index (χ3n) is 3.02. The van der Waals surface area contributed by atoms with Crippen molar-refractivity contribution in [2.24, 2.45) is 0 Å². The quantitative estimate of drug-likeness (QED) is 0.631. The number of carbonyl (C=O) groups excluding carboxylic acids is 1. The topological polar surface area (TPSA) is 32.3 Å². The van der Waals surface area contributed by atoms with Gasteiger partial charge in [-0.2, -0.15) is 0 Å². The average Bonchev–Trinajstić information content (AvgIpc) is 2.94. The first-order chi connectivity index (χ1) is 10.0. The number of nitrogens with one attached hydrogen (secondary N) is 1. The van der Waals surface area contributed by atoms with Crippen molar-refractivity contribution in [2.45, 2.75) is 6.92 Å². The molecule has 2 heterocycles. The number of aryl methyl sites for hydroxylation is 1. The summed E-state index contributed by atoms with van der Waals surface area (Å²) in [6.45, 7) is 1.99. The van der Waals surface area contributed by atoms with Crippen molar-refractivity contribution in [3.05, 3.63) is 56.3 Å². The highest BCUT2D eigenvalue weighted by Crippen LogP contribution is 2.27. The minimum Gasteiger partial charge on any atom is -0.327 e. The Morgan fingerprint density at radius 1 is 1.33 bits per heavy atom. The molecule has 6 heteroatoms. The zero-order chi connectivity index (χ0) is 15.0. The highest BCUT2D eigenvalue weighted by atomic mass is 79.9. The number of benzene rings is 1. The molecule has 0 saturated carbocycles. The Hall–Kier alpha value is -1.50. The lowest BCUT2D eigenvalue weighted by molar-refractivity contribution is -0.113. The lowest BCUT2D eigenvalue weighted by Gasteiger charge is -2.14. The monoisotopic (exact) mass is 378 g/mol. The van der Waals surface area contributed by atoms with Crippen LogP contribution >= 0.6 is 39.5 Å². The third-order valence-corrected chi connectivity index (χ3v) is 4.87. The Kier molecular flexibility index (Phi) is 3.93. The molecule has 2 aromatic rings. The van der Waals surface area contributed by atoms with Gasteiger partial charge in [0.1, 0.15) is 5.70 Å². The van der Waals surface area contributed by atoms with Crippen LogP contribution in [0.1, 0.15) is 10.4 Å². The number of amides is 1. The second-order valence-corrected chi connectivity index (χ2v) is 7.49. The van der Waals surface area contributed by atoms with E-state index >= 15 is 0 Å². The summed E-state index contributed by atoms with van der Waals surface area (Å²) < 4.78 is 1.03. The van der Waals surface area contributed by atoms with Gasteiger partial charge in [-0.05, 0) is 71.0 Å². The van der Waals surface area contributed by atoms with Crippen LogP contribution in [0.2, 0.25) is 0 Å². The SMILES string of the molecule is Cc1cccc(N2C(=O)C(=Cc3ccc(Br)s3)NC2=S)c1. The number of hydrogen-bond donors (Lipinski definition) is 1. The molecule has 0 atom stereocenters. The lowest BCUT2D eigenvalue weighted by Crippen LogP contribution is -2.30. The summed E-state index contributed by atoms with van der Waals surface area (Å²) in [6.07, 6.45) is 1.82. The molecule has 106 valence electrons. The molecule has 0 radical (unpaired) electrons. The summed E-state index contributed by atoms with van der Waals surface area (Å²) in [5.74, 6) is -0.130. The van der Waals surface area contributed by atoms with Crippen LogP contribution in [-0.2, 0) is 4.79 Å². The van der Waals surface area contributed by atoms with Crippen molar-refractivity contribution in [1.29, 1.82) is 0 Å². The van der Waals surface area contributed by atoms with Gasteiger partial charge >= 0.3 is 0 Å². The molecule has 3 nitrogen and oxygen atoms in total. The van der Waals surface area contributed by atoms with E-state index in [4.69, 9.17) is 12.2 Å². The molecule has 0 unspecified atom stereocenters. The fourth-order valence-electron chi connectivity index (χ4n) is 2.08. The smallest absolute Gasteiger partial charge is 0.281 e. The highest BCUT2D eigenvalue weighted by molar-refractivity contribution is 9.11. The standard InChI is InChI=1S/C15H11BrN2OS2/c1-9-3-2-4-10(7-9)18-14(19)12(17-15(18)20)8-11-5-6-13(16)21-11/h2-8H,1H3,(H,17,20). The van der Waals surface area contributed by atoms with Crippen molar-refractivity contribution in [1.82, 2.24) is 5.32 Å². The number of thiocarbonyl (C=S) groups is 1. The fraction of sp³-hybridized carbons (Fsp3) is 0.0667. The molecule has 1 aliphatic heterocycles. The maximum atomic E-state index is 12.5. The van der Waals surface area contributed by atoms with E-state index in [9.17, 15) is 4.79 Å². The van der Waals surface area contributed by atoms with E-state index in [2.05, 4.69) is 21.2 Å². The summed E-state index contributed by atoms with van der Waals surface area (Å²) in [7, 11) is 0. The largest absolute Gasteiger partial charge is 0.327 e. The summed E-state index contributed by atoms with van der Waals surface area (Å²) >= 11 is 10.3. The number of hydrogen-bond acceptors (Lipinski definition) is 3. The van der Waals surface area contributed by atoms with Crippen LogP contribution in [-0.4, -0.2) is 11.0 Å². The summed E-state index contributed by atoms with van der Waals surface area (Å²) in [5, 5.41) is 3.40. The van der Waals surface area contributed by atoms with Gasteiger partial charge in [0.05, 0.1) is 9.47 Å². The molecular weight excluding hydrogens is 368 g/mol. The van der Waals surface area contributed by atoms with Crippen molar-refractivity contribution in [3.63, 3.8) is 0 Å². The zero-order valence-electron chi connectivity index (χ0n) is 11.1. The van der Waals surface area contributed by atoms with E-state index in [1.807, 2.05) is 49.4 Å². The molecule has 21 heavy (non-hydrogen) atoms. The lowest BCUT2D eigenvalue weighted by atomic mass is 10.2. The van der Waals surface area contributed by atoms with E-state index < -0.39 is 0 Å². The minimum absolute atomic E-state index is 0.130. The number of halogens is 1. The van der Waals surface area contributed by atoms with Crippen LogP contribution in [0, 0.1) is 6.92 Å². The fourth-order valence-corrected chi connectivity index (χ4v) is 3.75. The summed E-state index contributed by atoms with van der Waals surface area (Å²) in [4.78, 5) is 15.1. The van der Waals surface area contributed by atoms with Crippen molar-refractivity contribution >= 4 is 62.3 Å². The predicted molar refractivity (Wildman–Crippen MR) is 94.4 cm³/mol. The van der Waals surface area contributed by atoms with Gasteiger partial charge in [0.15, 0.2) is 5.11 Å². The van der Waals surface area contributed by atoms with E-state index in [0.29, 0.717) is 10.8 Å². The predicted octanol–water partition coefficient (Wildman–Crippen LogP) is 4.08. The Bertz CT molecular complexity index is 767. The van der Waals surface area contributed by atoms with Gasteiger partial charge < -0.3 is 5.32 Å². The Morgan fingerprint density at radius 2 is 2.14 bits per heavy atom. The van der Waals surface area contributed by atoms with Crippen LogP contribution < -0.4 is 10.2 Å². The molecule has 1 aromatic heterocycles. The number of carbonyl (C=O) groups is 1. The van der Waals surface area contributed by atoms with Gasteiger partial charge in [0, 0.05) is 4.88 Å². The molecule has 1 aliphatic rings. The van der Waals surface area contributed by atoms with Crippen LogP contribution in [0.5, 0.6) is 0 Å². The van der Waals surface area contributed by atoms with Gasteiger partial charge in [-0.1, -0.05) is 12.1 Å². The maximum Gasteiger partial charge on any atom is 0.281 e. The third kappa shape index (κ3) is 2.92. The Labute approximate surface area is 140 Å². The molecular formula is C15H11BrN2OS2. The van der Waals surface area contributed by atoms with E-state index in [1.54, 1.807) is 11.3 Å². The second kappa shape index (κ2) is 5.71. The number of rotatable bonds is 2. The van der Waals surface area contributed by atoms with Crippen molar-refractivity contribution in [2.75, 3.05) is 4.90 Å². The molecule has 1 amide bonds. The molecule has 3 rings (SSSR count). The molecule has 1 aromatic carbocycles. The van der Waals surface area contributed by atoms with Crippen molar-refractivity contribution in [3.8, 4) is 0 Å². The van der Waals surface area contributed by atoms with E-state index in [-0.39, 0.29) is 5.91 Å². The summed E-state index contributed by atoms with van der Waals surface area (Å²) in [6, 6.07) is 11.6. The first-order valence-corrected chi connectivity index (χ1v) is 8.25. The number of nitrogens with zero attached hydrogens (tertiary/aromatic N) is 1. The van der Waals surface area contributed by atoms with Gasteiger partial charge in [-0.25, -0.2) is 0 Å². The van der Waals surface area contributed by atoms with E-state index in [1.165, 1.54) is 4.90 Å². The molecule has 0 bridgehead atoms. The van der Waals surface area contributed by atoms with Crippen molar-refractivity contribution < 1.29 is 4.79 Å². The first kappa shape index (κ1) is 14.4. The molecule has 1 saturated heterocycles. The second-order valence-electron chi connectivity index (χ2n) is 4.61. The average molecular weight is 379 g/mol. The zero-order valence-corrected chi connectivity index (χ0v) is 14.3. The summed E-state index contributed by atoms with van der Waals surface area (Å²) in [5.41, 5.74) is 2.37. The first-order valence-electron chi connectivity index (χ1n) is 6.24. The molecule has 0 spiro atoms. The van der Waals surface area contributed by atoms with Gasteiger partial charge in [0.2, 0.25) is 0 Å². The highest BCUT2D eigenvalue weighted by Gasteiger charge is 2.31. The van der Waals surface area contributed by atoms with Gasteiger partial charge in [-0.15, -0.1) is 11.3 Å². The normalized spacial score (nSPS) is 16.7. The van der Waals surface area contributed by atoms with E-state index in [0.717, 1.165) is 19.9 Å². The van der Waals surface area contributed by atoms with Crippen LogP contribution in [0.3, 0.4) is 0 Å². The van der Waals surface area contributed by atoms with Gasteiger partial charge in [-0.3, -0.25) is 9.69 Å². The Balaban J connectivity index is 1.94. The Morgan fingerprint density at radius 3 is 2.81 bits per heavy atom. The maximum absolute atomic E-state index is 12.5. The van der Waals surface area contributed by atoms with Crippen LogP contribution in [0.4, 0.5) is 5.69 Å². The molecule has 0 aliphatic carbocycles. The van der Waals surface area contributed by atoms with Crippen LogP contribution in [0.25, 0.3) is 6.08 Å². The number of anilines is 1. The molecule has 1 N–H and O–H groups in total.